The summed E-state index contributed by atoms with van der Waals surface area (Å²) in [6.07, 6.45) is 0.902. The second-order valence-electron chi connectivity index (χ2n) is 5.28. The van der Waals surface area contributed by atoms with Crippen molar-refractivity contribution < 1.29 is 8.42 Å². The highest BCUT2D eigenvalue weighted by Crippen LogP contribution is 2.45. The number of halogens is 1. The van der Waals surface area contributed by atoms with Crippen LogP contribution in [0.15, 0.2) is 27.6 Å². The Morgan fingerprint density at radius 1 is 1.41 bits per heavy atom. The van der Waals surface area contributed by atoms with Crippen molar-refractivity contribution in [2.75, 3.05) is 0 Å². The van der Waals surface area contributed by atoms with Gasteiger partial charge < -0.3 is 0 Å². The molecular formula is C12H16BrNO2S. The minimum atomic E-state index is -3.40. The van der Waals surface area contributed by atoms with E-state index in [9.17, 15) is 8.42 Å². The fourth-order valence-electron chi connectivity index (χ4n) is 1.78. The summed E-state index contributed by atoms with van der Waals surface area (Å²) in [6.45, 7) is 5.93. The third-order valence-electron chi connectivity index (χ3n) is 3.25. The average molecular weight is 318 g/mol. The summed E-state index contributed by atoms with van der Waals surface area (Å²) in [4.78, 5) is 0.356. The lowest BCUT2D eigenvalue weighted by molar-refractivity contribution is 0.554. The quantitative estimate of drug-likeness (QED) is 0.931. The Morgan fingerprint density at radius 2 is 2.00 bits per heavy atom. The predicted octanol–water partition coefficient (Wildman–Crippen LogP) is 2.83. The summed E-state index contributed by atoms with van der Waals surface area (Å²) >= 11 is 3.30. The number of rotatable bonds is 3. The highest BCUT2D eigenvalue weighted by Gasteiger charge is 2.48. The van der Waals surface area contributed by atoms with Crippen LogP contribution in [0.25, 0.3) is 0 Å². The number of aryl methyl sites for hydroxylation is 1. The van der Waals surface area contributed by atoms with Gasteiger partial charge in [-0.15, -0.1) is 0 Å². The van der Waals surface area contributed by atoms with Crippen LogP contribution in [0.2, 0.25) is 0 Å². The van der Waals surface area contributed by atoms with Crippen LogP contribution < -0.4 is 4.72 Å². The van der Waals surface area contributed by atoms with Crippen molar-refractivity contribution in [3.63, 3.8) is 0 Å². The fraction of sp³-hybridized carbons (Fsp3) is 0.500. The molecule has 1 unspecified atom stereocenters. The van der Waals surface area contributed by atoms with E-state index < -0.39 is 10.0 Å². The lowest BCUT2D eigenvalue weighted by Crippen LogP contribution is -2.29. The molecule has 1 atom stereocenters. The average Bonchev–Trinajstić information content (AvgIpc) is 2.76. The number of nitrogens with one attached hydrogen (secondary N) is 1. The highest BCUT2D eigenvalue weighted by molar-refractivity contribution is 9.10. The summed E-state index contributed by atoms with van der Waals surface area (Å²) < 4.78 is 28.0. The van der Waals surface area contributed by atoms with Gasteiger partial charge in [-0.1, -0.05) is 35.8 Å². The third kappa shape index (κ3) is 2.72. The number of sulfonamides is 1. The first kappa shape index (κ1) is 13.1. The van der Waals surface area contributed by atoms with Crippen molar-refractivity contribution in [2.24, 2.45) is 5.41 Å². The molecule has 1 aliphatic carbocycles. The third-order valence-corrected chi connectivity index (χ3v) is 5.36. The summed E-state index contributed by atoms with van der Waals surface area (Å²) in [5, 5.41) is 0. The van der Waals surface area contributed by atoms with E-state index in [2.05, 4.69) is 34.5 Å². The molecule has 1 aromatic rings. The van der Waals surface area contributed by atoms with E-state index >= 15 is 0 Å². The Hall–Kier alpha value is -0.390. The zero-order valence-electron chi connectivity index (χ0n) is 10.1. The van der Waals surface area contributed by atoms with E-state index in [-0.39, 0.29) is 11.5 Å². The monoisotopic (exact) mass is 317 g/mol. The van der Waals surface area contributed by atoms with Crippen LogP contribution in [0.1, 0.15) is 25.8 Å². The Labute approximate surface area is 111 Å². The molecule has 94 valence electrons. The maximum absolute atomic E-state index is 12.2. The van der Waals surface area contributed by atoms with Crippen LogP contribution in [-0.4, -0.2) is 14.5 Å². The molecule has 3 nitrogen and oxygen atoms in total. The first-order chi connectivity index (χ1) is 7.72. The smallest absolute Gasteiger partial charge is 0.208 e. The molecule has 17 heavy (non-hydrogen) atoms. The van der Waals surface area contributed by atoms with Crippen molar-refractivity contribution >= 4 is 26.0 Å². The van der Waals surface area contributed by atoms with E-state index in [1.54, 1.807) is 19.1 Å². The van der Waals surface area contributed by atoms with E-state index in [1.165, 1.54) is 0 Å². The van der Waals surface area contributed by atoms with E-state index in [1.807, 2.05) is 6.07 Å². The molecule has 0 saturated heterocycles. The Morgan fingerprint density at radius 3 is 2.53 bits per heavy atom. The number of benzene rings is 1. The summed E-state index contributed by atoms with van der Waals surface area (Å²) in [5.74, 6) is 0. The van der Waals surface area contributed by atoms with E-state index in [0.29, 0.717) is 4.90 Å². The van der Waals surface area contributed by atoms with Crippen LogP contribution in [0.3, 0.4) is 0 Å². The second kappa shape index (κ2) is 4.07. The Bertz CT molecular complexity index is 552. The fourth-order valence-corrected chi connectivity index (χ4v) is 3.97. The molecule has 2 rings (SSSR count). The minimum absolute atomic E-state index is 0.0610. The van der Waals surface area contributed by atoms with Crippen LogP contribution in [0.4, 0.5) is 0 Å². The Kier molecular flexibility index (Phi) is 3.13. The molecule has 1 N–H and O–H groups in total. The van der Waals surface area contributed by atoms with Gasteiger partial charge in [0.15, 0.2) is 0 Å². The minimum Gasteiger partial charge on any atom is -0.208 e. The van der Waals surface area contributed by atoms with Gasteiger partial charge in [0.25, 0.3) is 0 Å². The number of hydrogen-bond donors (Lipinski definition) is 1. The lowest BCUT2D eigenvalue weighted by Gasteiger charge is -2.10. The van der Waals surface area contributed by atoms with Crippen LogP contribution in [-0.2, 0) is 10.0 Å². The zero-order valence-corrected chi connectivity index (χ0v) is 12.5. The predicted molar refractivity (Wildman–Crippen MR) is 71.4 cm³/mol. The summed E-state index contributed by atoms with van der Waals surface area (Å²) in [7, 11) is -3.40. The van der Waals surface area contributed by atoms with Gasteiger partial charge in [0.1, 0.15) is 0 Å². The van der Waals surface area contributed by atoms with Crippen molar-refractivity contribution in [1.82, 2.24) is 4.72 Å². The molecule has 0 heterocycles. The SMILES string of the molecule is Cc1ccc(Br)cc1S(=O)(=O)NC1CC1(C)C. The van der Waals surface area contributed by atoms with E-state index in [4.69, 9.17) is 0 Å². The molecule has 1 fully saturated rings. The molecule has 1 aromatic carbocycles. The van der Waals surface area contributed by atoms with Gasteiger partial charge in [-0.05, 0) is 36.5 Å². The van der Waals surface area contributed by atoms with Crippen molar-refractivity contribution in [2.45, 2.75) is 38.1 Å². The maximum Gasteiger partial charge on any atom is 0.241 e. The molecule has 0 spiro atoms. The van der Waals surface area contributed by atoms with Gasteiger partial charge in [-0.2, -0.15) is 0 Å². The molecule has 5 heteroatoms. The highest BCUT2D eigenvalue weighted by atomic mass is 79.9. The molecule has 1 saturated carbocycles. The van der Waals surface area contributed by atoms with E-state index in [0.717, 1.165) is 16.5 Å². The molecule has 0 aliphatic heterocycles. The molecule has 0 amide bonds. The molecule has 0 aromatic heterocycles. The standard InChI is InChI=1S/C12H16BrNO2S/c1-8-4-5-9(13)6-10(8)17(15,16)14-11-7-12(11,2)3/h4-6,11,14H,7H2,1-3H3. The number of hydrogen-bond acceptors (Lipinski definition) is 2. The van der Waals surface area contributed by atoms with Gasteiger partial charge >= 0.3 is 0 Å². The first-order valence-electron chi connectivity index (χ1n) is 5.51. The van der Waals surface area contributed by atoms with Crippen molar-refractivity contribution in [3.8, 4) is 0 Å². The van der Waals surface area contributed by atoms with Gasteiger partial charge in [-0.3, -0.25) is 0 Å². The summed E-state index contributed by atoms with van der Waals surface area (Å²) in [5.41, 5.74) is 0.853. The van der Waals surface area contributed by atoms with Crippen LogP contribution >= 0.6 is 15.9 Å². The topological polar surface area (TPSA) is 46.2 Å². The van der Waals surface area contributed by atoms with Gasteiger partial charge in [-0.25, -0.2) is 13.1 Å². The van der Waals surface area contributed by atoms with Crippen molar-refractivity contribution in [1.29, 1.82) is 0 Å². The lowest BCUT2D eigenvalue weighted by atomic mass is 10.2. The Balaban J connectivity index is 2.29. The molecule has 0 radical (unpaired) electrons. The van der Waals surface area contributed by atoms with Gasteiger partial charge in [0, 0.05) is 10.5 Å². The maximum atomic E-state index is 12.2. The molecule has 0 bridgehead atoms. The first-order valence-corrected chi connectivity index (χ1v) is 7.78. The van der Waals surface area contributed by atoms with Gasteiger partial charge in [0.05, 0.1) is 4.90 Å². The van der Waals surface area contributed by atoms with Crippen LogP contribution in [0, 0.1) is 12.3 Å². The second-order valence-corrected chi connectivity index (χ2v) is 7.87. The normalized spacial score (nSPS) is 22.5. The molecular weight excluding hydrogens is 302 g/mol. The van der Waals surface area contributed by atoms with Gasteiger partial charge in [0.2, 0.25) is 10.0 Å². The summed E-state index contributed by atoms with van der Waals surface area (Å²) in [6, 6.07) is 5.35. The zero-order chi connectivity index (χ0) is 12.8. The molecule has 1 aliphatic rings. The van der Waals surface area contributed by atoms with Crippen LogP contribution in [0.5, 0.6) is 0 Å². The van der Waals surface area contributed by atoms with Crippen molar-refractivity contribution in [3.05, 3.63) is 28.2 Å². The largest absolute Gasteiger partial charge is 0.241 e.